The first-order valence-electron chi connectivity index (χ1n) is 5.58. The quantitative estimate of drug-likeness (QED) is 0.775. The summed E-state index contributed by atoms with van der Waals surface area (Å²) in [5.41, 5.74) is 0. The molecule has 1 N–H and O–H groups in total. The molecule has 0 bridgehead atoms. The van der Waals surface area contributed by atoms with Gasteiger partial charge in [-0.05, 0) is 25.7 Å². The first kappa shape index (κ1) is 12.0. The molecular formula is C11H19NO3. The first-order chi connectivity index (χ1) is 7.18. The van der Waals surface area contributed by atoms with Crippen molar-refractivity contribution in [1.29, 1.82) is 0 Å². The molecule has 0 aromatic heterocycles. The Balaban J connectivity index is 2.07. The molecule has 1 aliphatic carbocycles. The number of nitrogens with one attached hydrogen (secondary N) is 1. The van der Waals surface area contributed by atoms with E-state index in [2.05, 4.69) is 5.32 Å². The number of hydrogen-bond donors (Lipinski definition) is 1. The highest BCUT2D eigenvalue weighted by molar-refractivity contribution is 5.81. The molecule has 1 amide bonds. The second-order valence-electron chi connectivity index (χ2n) is 4.16. The van der Waals surface area contributed by atoms with Crippen molar-refractivity contribution in [1.82, 2.24) is 5.32 Å². The molecule has 15 heavy (non-hydrogen) atoms. The van der Waals surface area contributed by atoms with Gasteiger partial charge in [0, 0.05) is 0 Å². The van der Waals surface area contributed by atoms with Crippen LogP contribution in [0.15, 0.2) is 0 Å². The molecule has 0 aromatic carbocycles. The zero-order valence-corrected chi connectivity index (χ0v) is 9.25. The van der Waals surface area contributed by atoms with Crippen molar-refractivity contribution in [3.63, 3.8) is 0 Å². The third-order valence-corrected chi connectivity index (χ3v) is 2.66. The molecule has 1 rings (SSSR count). The van der Waals surface area contributed by atoms with Gasteiger partial charge in [-0.3, -0.25) is 4.79 Å². The Kier molecular flexibility index (Phi) is 5.15. The fraction of sp³-hybridized carbons (Fsp3) is 0.818. The van der Waals surface area contributed by atoms with E-state index in [4.69, 9.17) is 4.74 Å². The van der Waals surface area contributed by atoms with E-state index in [1.54, 1.807) is 0 Å². The normalized spacial score (nSPS) is 17.1. The second-order valence-corrected chi connectivity index (χ2v) is 4.16. The zero-order valence-electron chi connectivity index (χ0n) is 9.25. The van der Waals surface area contributed by atoms with Gasteiger partial charge in [-0.2, -0.15) is 0 Å². The summed E-state index contributed by atoms with van der Waals surface area (Å²) >= 11 is 0. The first-order valence-corrected chi connectivity index (χ1v) is 5.58. The van der Waals surface area contributed by atoms with Crippen LogP contribution in [0.4, 0.5) is 4.79 Å². The van der Waals surface area contributed by atoms with E-state index in [0.717, 1.165) is 12.8 Å². The summed E-state index contributed by atoms with van der Waals surface area (Å²) < 4.78 is 5.03. The minimum atomic E-state index is -0.476. The second kappa shape index (κ2) is 6.43. The van der Waals surface area contributed by atoms with Gasteiger partial charge in [0.25, 0.3) is 0 Å². The minimum absolute atomic E-state index is 0.0590. The lowest BCUT2D eigenvalue weighted by Gasteiger charge is -2.20. The molecule has 0 aromatic rings. The van der Waals surface area contributed by atoms with Crippen molar-refractivity contribution in [2.45, 2.75) is 39.0 Å². The van der Waals surface area contributed by atoms with E-state index >= 15 is 0 Å². The maximum atomic E-state index is 11.1. The van der Waals surface area contributed by atoms with Crippen LogP contribution in [0.2, 0.25) is 0 Å². The van der Waals surface area contributed by atoms with Crippen LogP contribution in [0.25, 0.3) is 0 Å². The molecule has 0 spiro atoms. The molecule has 1 aliphatic rings. The third-order valence-electron chi connectivity index (χ3n) is 2.66. The molecule has 0 atom stereocenters. The predicted molar refractivity (Wildman–Crippen MR) is 56.6 cm³/mol. The van der Waals surface area contributed by atoms with Crippen LogP contribution >= 0.6 is 0 Å². The van der Waals surface area contributed by atoms with E-state index in [-0.39, 0.29) is 12.3 Å². The average Bonchev–Trinajstić information content (AvgIpc) is 2.25. The van der Waals surface area contributed by atoms with E-state index in [1.807, 2.05) is 0 Å². The monoisotopic (exact) mass is 213 g/mol. The molecular weight excluding hydrogens is 194 g/mol. The summed E-state index contributed by atoms with van der Waals surface area (Å²) in [5, 5.41) is 2.41. The van der Waals surface area contributed by atoms with Crippen molar-refractivity contribution in [2.75, 3.05) is 13.2 Å². The SMILES string of the molecule is CC(=O)CNC(=O)OCC1CCCCC1. The number of ketones is 1. The highest BCUT2D eigenvalue weighted by atomic mass is 16.5. The van der Waals surface area contributed by atoms with Gasteiger partial charge in [0.05, 0.1) is 13.2 Å². The number of alkyl carbamates (subject to hydrolysis) is 1. The Hall–Kier alpha value is -1.06. The Bertz CT molecular complexity index is 222. The number of amides is 1. The van der Waals surface area contributed by atoms with Crippen LogP contribution in [0.5, 0.6) is 0 Å². The van der Waals surface area contributed by atoms with Crippen LogP contribution < -0.4 is 5.32 Å². The van der Waals surface area contributed by atoms with E-state index in [1.165, 1.54) is 26.2 Å². The Morgan fingerprint density at radius 2 is 1.93 bits per heavy atom. The van der Waals surface area contributed by atoms with Crippen LogP contribution in [0.3, 0.4) is 0 Å². The Labute approximate surface area is 90.4 Å². The van der Waals surface area contributed by atoms with E-state index in [0.29, 0.717) is 12.5 Å². The molecule has 0 unspecified atom stereocenters. The van der Waals surface area contributed by atoms with Gasteiger partial charge in [-0.25, -0.2) is 4.79 Å². The maximum absolute atomic E-state index is 11.1. The summed E-state index contributed by atoms with van der Waals surface area (Å²) in [7, 11) is 0. The molecule has 4 nitrogen and oxygen atoms in total. The summed E-state index contributed by atoms with van der Waals surface area (Å²) in [6.07, 6.45) is 5.61. The van der Waals surface area contributed by atoms with Gasteiger partial charge < -0.3 is 10.1 Å². The Morgan fingerprint density at radius 3 is 2.53 bits per heavy atom. The fourth-order valence-electron chi connectivity index (χ4n) is 1.80. The highest BCUT2D eigenvalue weighted by Crippen LogP contribution is 2.23. The predicted octanol–water partition coefficient (Wildman–Crippen LogP) is 1.88. The largest absolute Gasteiger partial charge is 0.449 e. The molecule has 0 radical (unpaired) electrons. The van der Waals surface area contributed by atoms with Crippen molar-refractivity contribution >= 4 is 11.9 Å². The number of carbonyl (C=O) groups is 2. The highest BCUT2D eigenvalue weighted by Gasteiger charge is 2.15. The summed E-state index contributed by atoms with van der Waals surface area (Å²) in [5.74, 6) is 0.450. The summed E-state index contributed by atoms with van der Waals surface area (Å²) in [4.78, 5) is 21.7. The maximum Gasteiger partial charge on any atom is 0.407 e. The van der Waals surface area contributed by atoms with Gasteiger partial charge >= 0.3 is 6.09 Å². The van der Waals surface area contributed by atoms with Crippen molar-refractivity contribution in [3.05, 3.63) is 0 Å². The van der Waals surface area contributed by atoms with E-state index < -0.39 is 6.09 Å². The molecule has 0 aliphatic heterocycles. The van der Waals surface area contributed by atoms with Gasteiger partial charge in [0.15, 0.2) is 0 Å². The number of Topliss-reactive ketones (excluding diaryl/α,β-unsaturated/α-hetero) is 1. The lowest BCUT2D eigenvalue weighted by atomic mass is 9.90. The standard InChI is InChI=1S/C11H19NO3/c1-9(13)7-12-11(14)15-8-10-5-3-2-4-6-10/h10H,2-8H2,1H3,(H,12,14). The van der Waals surface area contributed by atoms with Gasteiger partial charge in [0.2, 0.25) is 0 Å². The van der Waals surface area contributed by atoms with Crippen LogP contribution in [-0.4, -0.2) is 25.0 Å². The molecule has 1 fully saturated rings. The molecule has 86 valence electrons. The lowest BCUT2D eigenvalue weighted by Crippen LogP contribution is -2.30. The molecule has 4 heteroatoms. The molecule has 0 heterocycles. The summed E-state index contributed by atoms with van der Waals surface area (Å²) in [6, 6.07) is 0. The van der Waals surface area contributed by atoms with Gasteiger partial charge in [-0.15, -0.1) is 0 Å². The van der Waals surface area contributed by atoms with Crippen molar-refractivity contribution in [3.8, 4) is 0 Å². The molecule has 0 saturated heterocycles. The number of carbonyl (C=O) groups excluding carboxylic acids is 2. The van der Waals surface area contributed by atoms with Gasteiger partial charge in [0.1, 0.15) is 5.78 Å². The fourth-order valence-corrected chi connectivity index (χ4v) is 1.80. The average molecular weight is 213 g/mol. The minimum Gasteiger partial charge on any atom is -0.449 e. The number of rotatable bonds is 4. The third kappa shape index (κ3) is 5.40. The van der Waals surface area contributed by atoms with Crippen LogP contribution in [-0.2, 0) is 9.53 Å². The van der Waals surface area contributed by atoms with Crippen LogP contribution in [0, 0.1) is 5.92 Å². The number of hydrogen-bond acceptors (Lipinski definition) is 3. The smallest absolute Gasteiger partial charge is 0.407 e. The van der Waals surface area contributed by atoms with Crippen molar-refractivity contribution in [2.24, 2.45) is 5.92 Å². The number of ether oxygens (including phenoxy) is 1. The lowest BCUT2D eigenvalue weighted by molar-refractivity contribution is -0.116. The summed E-state index contributed by atoms with van der Waals surface area (Å²) in [6.45, 7) is 1.98. The van der Waals surface area contributed by atoms with Gasteiger partial charge in [-0.1, -0.05) is 19.3 Å². The topological polar surface area (TPSA) is 55.4 Å². The van der Waals surface area contributed by atoms with E-state index in [9.17, 15) is 9.59 Å². The molecule has 1 saturated carbocycles. The van der Waals surface area contributed by atoms with Crippen molar-refractivity contribution < 1.29 is 14.3 Å². The Morgan fingerprint density at radius 1 is 1.27 bits per heavy atom. The van der Waals surface area contributed by atoms with Crippen LogP contribution in [0.1, 0.15) is 39.0 Å². The zero-order chi connectivity index (χ0) is 11.1.